The Hall–Kier alpha value is -2.93. The molecule has 2 aromatic heterocycles. The van der Waals surface area contributed by atoms with Gasteiger partial charge in [0.15, 0.2) is 0 Å². The fourth-order valence-corrected chi connectivity index (χ4v) is 3.42. The molecular formula is C18H18N4O2S. The first-order valence-corrected chi connectivity index (χ1v) is 8.62. The Bertz CT molecular complexity index is 928. The first-order chi connectivity index (χ1) is 12.0. The summed E-state index contributed by atoms with van der Waals surface area (Å²) in [6.07, 6.45) is 0. The van der Waals surface area contributed by atoms with Gasteiger partial charge in [-0.25, -0.2) is 4.98 Å². The van der Waals surface area contributed by atoms with E-state index < -0.39 is 0 Å². The summed E-state index contributed by atoms with van der Waals surface area (Å²) in [5, 5.41) is 0. The number of hydrogen-bond acceptors (Lipinski definition) is 4. The highest BCUT2D eigenvalue weighted by molar-refractivity contribution is 7.11. The van der Waals surface area contributed by atoms with E-state index in [4.69, 9.17) is 0 Å². The number of hydrazine groups is 1. The predicted octanol–water partition coefficient (Wildman–Crippen LogP) is 2.93. The molecule has 0 bridgehead atoms. The number of thiazole rings is 1. The predicted molar refractivity (Wildman–Crippen MR) is 97.0 cm³/mol. The van der Waals surface area contributed by atoms with Crippen molar-refractivity contribution in [1.82, 2.24) is 20.4 Å². The van der Waals surface area contributed by atoms with Gasteiger partial charge in [-0.2, -0.15) is 0 Å². The third-order valence-corrected chi connectivity index (χ3v) is 4.86. The van der Waals surface area contributed by atoms with Crippen LogP contribution in [0.4, 0.5) is 0 Å². The highest BCUT2D eigenvalue weighted by Gasteiger charge is 2.18. The molecule has 3 rings (SSSR count). The molecule has 2 amide bonds. The molecule has 0 aliphatic carbocycles. The highest BCUT2D eigenvalue weighted by Crippen LogP contribution is 2.20. The van der Waals surface area contributed by atoms with E-state index in [0.717, 1.165) is 17.1 Å². The third kappa shape index (κ3) is 3.32. The molecule has 0 aliphatic heterocycles. The van der Waals surface area contributed by atoms with Gasteiger partial charge in [0.1, 0.15) is 4.88 Å². The van der Waals surface area contributed by atoms with Crippen molar-refractivity contribution >= 4 is 23.2 Å². The van der Waals surface area contributed by atoms with Crippen molar-refractivity contribution in [1.29, 1.82) is 0 Å². The van der Waals surface area contributed by atoms with Gasteiger partial charge in [0, 0.05) is 17.1 Å². The summed E-state index contributed by atoms with van der Waals surface area (Å²) in [5.74, 6) is -0.726. The molecule has 0 atom stereocenters. The zero-order chi connectivity index (χ0) is 18.0. The van der Waals surface area contributed by atoms with Crippen LogP contribution in [0.15, 0.2) is 41.9 Å². The lowest BCUT2D eigenvalue weighted by atomic mass is 10.2. The minimum absolute atomic E-state index is 0.356. The average Bonchev–Trinajstić information content (AvgIpc) is 3.16. The van der Waals surface area contributed by atoms with Crippen LogP contribution in [0.2, 0.25) is 0 Å². The Morgan fingerprint density at radius 3 is 2.36 bits per heavy atom. The van der Waals surface area contributed by atoms with Crippen molar-refractivity contribution in [3.8, 4) is 5.69 Å². The Kier molecular flexibility index (Phi) is 4.67. The molecule has 0 unspecified atom stereocenters. The number of nitrogens with zero attached hydrogens (tertiary/aromatic N) is 2. The lowest BCUT2D eigenvalue weighted by molar-refractivity contribution is 0.0848. The van der Waals surface area contributed by atoms with E-state index in [2.05, 4.69) is 15.8 Å². The van der Waals surface area contributed by atoms with Crippen molar-refractivity contribution in [2.24, 2.45) is 0 Å². The second-order valence-electron chi connectivity index (χ2n) is 5.63. The molecule has 128 valence electrons. The smallest absolute Gasteiger partial charge is 0.281 e. The van der Waals surface area contributed by atoms with Gasteiger partial charge in [0.05, 0.1) is 16.8 Å². The minimum Gasteiger partial charge on any atom is -0.318 e. The summed E-state index contributed by atoms with van der Waals surface area (Å²) >= 11 is 1.23. The van der Waals surface area contributed by atoms with Gasteiger partial charge in [0.25, 0.3) is 11.8 Å². The van der Waals surface area contributed by atoms with E-state index >= 15 is 0 Å². The van der Waals surface area contributed by atoms with Crippen molar-refractivity contribution in [3.63, 3.8) is 0 Å². The maximum absolute atomic E-state index is 12.5. The summed E-state index contributed by atoms with van der Waals surface area (Å²) in [4.78, 5) is 29.1. The fraction of sp³-hybridized carbons (Fsp3) is 0.167. The summed E-state index contributed by atoms with van der Waals surface area (Å²) < 4.78 is 2.00. The van der Waals surface area contributed by atoms with Gasteiger partial charge in [-0.05, 0) is 39.0 Å². The largest absolute Gasteiger partial charge is 0.318 e. The molecule has 3 aromatic rings. The van der Waals surface area contributed by atoms with Crippen molar-refractivity contribution in [2.75, 3.05) is 0 Å². The minimum atomic E-state index is -0.370. The molecule has 0 aliphatic rings. The number of carbonyl (C=O) groups is 2. The molecule has 2 N–H and O–H groups in total. The number of amides is 2. The number of aromatic nitrogens is 2. The molecular weight excluding hydrogens is 336 g/mol. The highest BCUT2D eigenvalue weighted by atomic mass is 32.1. The summed E-state index contributed by atoms with van der Waals surface area (Å²) in [5.41, 5.74) is 10.4. The molecule has 0 radical (unpaired) electrons. The standard InChI is InChI=1S/C18H18N4O2S/c1-11-9-15(13(3)22(11)14-7-5-4-6-8-14)17(23)20-21-18(24)16-12(2)19-10-25-16/h4-10H,1-3H3,(H,20,23)(H,21,24). The number of benzene rings is 1. The van der Waals surface area contributed by atoms with E-state index in [1.165, 1.54) is 11.3 Å². The number of para-hydroxylation sites is 1. The van der Waals surface area contributed by atoms with Gasteiger partial charge < -0.3 is 4.57 Å². The van der Waals surface area contributed by atoms with Crippen LogP contribution in [-0.4, -0.2) is 21.4 Å². The first kappa shape index (κ1) is 16.9. The fourth-order valence-electron chi connectivity index (χ4n) is 2.72. The molecule has 1 aromatic carbocycles. The quantitative estimate of drug-likeness (QED) is 0.710. The van der Waals surface area contributed by atoms with Crippen molar-refractivity contribution in [3.05, 3.63) is 69.4 Å². The van der Waals surface area contributed by atoms with Crippen LogP contribution < -0.4 is 10.9 Å². The third-order valence-electron chi connectivity index (χ3n) is 3.93. The van der Waals surface area contributed by atoms with Crippen LogP contribution >= 0.6 is 11.3 Å². The second kappa shape index (κ2) is 6.90. The number of rotatable bonds is 3. The average molecular weight is 354 g/mol. The van der Waals surface area contributed by atoms with Gasteiger partial charge in [-0.3, -0.25) is 20.4 Å². The lowest BCUT2D eigenvalue weighted by Gasteiger charge is -2.10. The Morgan fingerprint density at radius 1 is 1.04 bits per heavy atom. The molecule has 2 heterocycles. The van der Waals surface area contributed by atoms with E-state index in [-0.39, 0.29) is 11.8 Å². The summed E-state index contributed by atoms with van der Waals surface area (Å²) in [6, 6.07) is 11.6. The molecule has 6 nitrogen and oxygen atoms in total. The van der Waals surface area contributed by atoms with Crippen LogP contribution in [0.3, 0.4) is 0 Å². The van der Waals surface area contributed by atoms with Crippen molar-refractivity contribution in [2.45, 2.75) is 20.8 Å². The Morgan fingerprint density at radius 2 is 1.72 bits per heavy atom. The zero-order valence-electron chi connectivity index (χ0n) is 14.2. The van der Waals surface area contributed by atoms with Gasteiger partial charge in [-0.15, -0.1) is 11.3 Å². The molecule has 0 saturated heterocycles. The Labute approximate surface area is 149 Å². The normalized spacial score (nSPS) is 10.5. The van der Waals surface area contributed by atoms with E-state index in [0.29, 0.717) is 16.1 Å². The van der Waals surface area contributed by atoms with Gasteiger partial charge in [-0.1, -0.05) is 18.2 Å². The van der Waals surface area contributed by atoms with Gasteiger partial charge in [0.2, 0.25) is 0 Å². The van der Waals surface area contributed by atoms with Crippen LogP contribution in [-0.2, 0) is 0 Å². The molecule has 25 heavy (non-hydrogen) atoms. The zero-order valence-corrected chi connectivity index (χ0v) is 15.0. The summed E-state index contributed by atoms with van der Waals surface area (Å²) in [7, 11) is 0. The molecule has 0 spiro atoms. The monoisotopic (exact) mass is 354 g/mol. The Balaban J connectivity index is 1.77. The number of hydrogen-bond donors (Lipinski definition) is 2. The topological polar surface area (TPSA) is 76.0 Å². The molecule has 0 saturated carbocycles. The number of nitrogens with one attached hydrogen (secondary N) is 2. The van der Waals surface area contributed by atoms with Gasteiger partial charge >= 0.3 is 0 Å². The van der Waals surface area contributed by atoms with E-state index in [1.54, 1.807) is 12.4 Å². The van der Waals surface area contributed by atoms with Crippen LogP contribution in [0.5, 0.6) is 0 Å². The first-order valence-electron chi connectivity index (χ1n) is 7.74. The molecule has 7 heteroatoms. The van der Waals surface area contributed by atoms with Crippen LogP contribution in [0.1, 0.15) is 37.1 Å². The van der Waals surface area contributed by atoms with Crippen molar-refractivity contribution < 1.29 is 9.59 Å². The lowest BCUT2D eigenvalue weighted by Crippen LogP contribution is -2.41. The number of carbonyl (C=O) groups excluding carboxylic acids is 2. The molecule has 0 fully saturated rings. The summed E-state index contributed by atoms with van der Waals surface area (Å²) in [6.45, 7) is 5.57. The second-order valence-corrected chi connectivity index (χ2v) is 6.49. The van der Waals surface area contributed by atoms with E-state index in [9.17, 15) is 9.59 Å². The van der Waals surface area contributed by atoms with Crippen LogP contribution in [0, 0.1) is 20.8 Å². The maximum Gasteiger partial charge on any atom is 0.281 e. The number of aryl methyl sites for hydroxylation is 2. The maximum atomic E-state index is 12.5. The van der Waals surface area contributed by atoms with E-state index in [1.807, 2.05) is 54.8 Å². The SMILES string of the molecule is Cc1ncsc1C(=O)NNC(=O)c1cc(C)n(-c2ccccc2)c1C. The van der Waals surface area contributed by atoms with Crippen LogP contribution in [0.25, 0.3) is 5.69 Å².